The van der Waals surface area contributed by atoms with Gasteiger partial charge in [0, 0.05) is 6.52 Å². The molecule has 1 unspecified atom stereocenters. The van der Waals surface area contributed by atoms with Crippen molar-refractivity contribution >= 4 is 11.8 Å². The molecule has 4 nitrogen and oxygen atoms in total. The van der Waals surface area contributed by atoms with Crippen molar-refractivity contribution in [1.29, 1.82) is 0 Å². The normalized spacial score (nSPS) is 18.7. The van der Waals surface area contributed by atoms with Crippen molar-refractivity contribution in [1.82, 2.24) is 0 Å². The summed E-state index contributed by atoms with van der Waals surface area (Å²) in [7, 11) is 0. The molecule has 4 N–H and O–H groups in total. The van der Waals surface area contributed by atoms with E-state index in [0.717, 1.165) is 0 Å². The van der Waals surface area contributed by atoms with Gasteiger partial charge in [0.1, 0.15) is 0 Å². The van der Waals surface area contributed by atoms with Crippen LogP contribution in [0.2, 0.25) is 0 Å². The van der Waals surface area contributed by atoms with E-state index in [1.165, 1.54) is 12.1 Å². The minimum absolute atomic E-state index is 0.0574. The molecule has 0 saturated carbocycles. The van der Waals surface area contributed by atoms with Crippen LogP contribution in [0.4, 0.5) is 0 Å². The van der Waals surface area contributed by atoms with Crippen molar-refractivity contribution in [3.63, 3.8) is 0 Å². The third-order valence-electron chi connectivity index (χ3n) is 1.47. The van der Waals surface area contributed by atoms with Gasteiger partial charge in [0.2, 0.25) is 5.96 Å². The van der Waals surface area contributed by atoms with Crippen LogP contribution in [0.5, 0.6) is 0 Å². The Balaban J connectivity index is 2.89. The van der Waals surface area contributed by atoms with E-state index in [9.17, 15) is 0 Å². The van der Waals surface area contributed by atoms with Crippen LogP contribution in [0, 0.1) is 0 Å². The Bertz CT molecular complexity index is 500. The SMILES string of the molecule is [2H]c1cc([2H])c(CC([2H])N=C(N)N=C(C)N)c([2H])c1. The largest absolute Gasteiger partial charge is 0.387 e. The molecule has 0 bridgehead atoms. The highest BCUT2D eigenvalue weighted by Crippen LogP contribution is 1.99. The Kier molecular flexibility index (Phi) is 2.55. The first-order chi connectivity index (χ1) is 8.79. The predicted octanol–water partition coefficient (Wildman–Crippen LogP) is 0.921. The van der Waals surface area contributed by atoms with E-state index in [1.807, 2.05) is 0 Å². The predicted molar refractivity (Wildman–Crippen MR) is 63.9 cm³/mol. The second-order valence-electron chi connectivity index (χ2n) is 2.85. The number of nitrogens with two attached hydrogens (primary N) is 2. The van der Waals surface area contributed by atoms with Gasteiger partial charge in [-0.2, -0.15) is 0 Å². The van der Waals surface area contributed by atoms with Gasteiger partial charge in [-0.1, -0.05) is 30.3 Å². The number of guanidine groups is 1. The van der Waals surface area contributed by atoms with Crippen LogP contribution in [0.25, 0.3) is 0 Å². The summed E-state index contributed by atoms with van der Waals surface area (Å²) in [6, 6.07) is 2.88. The van der Waals surface area contributed by atoms with Gasteiger partial charge in [-0.3, -0.25) is 4.99 Å². The minimum Gasteiger partial charge on any atom is -0.387 e. The van der Waals surface area contributed by atoms with Crippen LogP contribution in [0.15, 0.2) is 40.2 Å². The second kappa shape index (κ2) is 5.80. The molecule has 80 valence electrons. The summed E-state index contributed by atoms with van der Waals surface area (Å²) in [6.07, 6.45) is 0.0672. The van der Waals surface area contributed by atoms with E-state index < -0.39 is 6.52 Å². The molecule has 0 aliphatic rings. The smallest absolute Gasteiger partial charge is 0.216 e. The van der Waals surface area contributed by atoms with Crippen LogP contribution >= 0.6 is 0 Å². The minimum atomic E-state index is -0.965. The van der Waals surface area contributed by atoms with Crippen molar-refractivity contribution < 1.29 is 5.48 Å². The number of hydrogen-bond acceptors (Lipinski definition) is 1. The first-order valence-corrected chi connectivity index (χ1v) is 4.42. The molecule has 0 aliphatic carbocycles. The number of aliphatic imine (C=N–C) groups is 2. The first-order valence-electron chi connectivity index (χ1n) is 6.50. The summed E-state index contributed by atoms with van der Waals surface area (Å²) in [5, 5.41) is 0. The zero-order valence-corrected chi connectivity index (χ0v) is 8.49. The summed E-state index contributed by atoms with van der Waals surface area (Å²) in [5.41, 5.74) is 11.2. The molecule has 0 radical (unpaired) electrons. The van der Waals surface area contributed by atoms with Gasteiger partial charge >= 0.3 is 0 Å². The summed E-state index contributed by atoms with van der Waals surface area (Å²) in [5.74, 6) is 0.143. The van der Waals surface area contributed by atoms with E-state index in [0.29, 0.717) is 5.56 Å². The molecule has 0 amide bonds. The third kappa shape index (κ3) is 4.81. The van der Waals surface area contributed by atoms with Gasteiger partial charge in [-0.15, -0.1) is 0 Å². The summed E-state index contributed by atoms with van der Waals surface area (Å²) >= 11 is 0. The standard InChI is InChI=1S/C11H16N4/c1-9(12)15-11(13)14-8-7-10-5-3-2-4-6-10/h2-6H,7-8H2,1H3,(H4,12,13,14,15)/i2D,5D,6D,8D. The highest BCUT2D eigenvalue weighted by molar-refractivity contribution is 5.93. The van der Waals surface area contributed by atoms with Gasteiger partial charge in [-0.05, 0) is 18.9 Å². The highest BCUT2D eigenvalue weighted by Gasteiger charge is 1.91. The Labute approximate surface area is 95.3 Å². The van der Waals surface area contributed by atoms with Gasteiger partial charge in [0.25, 0.3) is 0 Å². The zero-order valence-electron chi connectivity index (χ0n) is 12.5. The van der Waals surface area contributed by atoms with Crippen LogP contribution in [0.1, 0.15) is 18.0 Å². The van der Waals surface area contributed by atoms with E-state index in [-0.39, 0.29) is 36.3 Å². The highest BCUT2D eigenvalue weighted by atomic mass is 15.1. The summed E-state index contributed by atoms with van der Waals surface area (Å²) in [6.45, 7) is 0.589. The Morgan fingerprint density at radius 3 is 2.73 bits per heavy atom. The molecule has 1 rings (SSSR count). The molecule has 1 aromatic rings. The Hall–Kier alpha value is -1.84. The zero-order chi connectivity index (χ0) is 14.6. The molecular formula is C11H16N4. The first kappa shape index (κ1) is 6.61. The van der Waals surface area contributed by atoms with E-state index in [4.69, 9.17) is 17.0 Å². The fraction of sp³-hybridized carbons (Fsp3) is 0.273. The molecule has 0 saturated heterocycles. The molecule has 4 heteroatoms. The molecule has 15 heavy (non-hydrogen) atoms. The van der Waals surface area contributed by atoms with Crippen molar-refractivity contribution in [3.05, 3.63) is 35.8 Å². The number of amidine groups is 1. The topological polar surface area (TPSA) is 76.8 Å². The van der Waals surface area contributed by atoms with Crippen molar-refractivity contribution in [2.75, 3.05) is 6.52 Å². The number of benzene rings is 1. The maximum Gasteiger partial charge on any atom is 0.216 e. The van der Waals surface area contributed by atoms with Gasteiger partial charge < -0.3 is 11.5 Å². The quantitative estimate of drug-likeness (QED) is 0.572. The lowest BCUT2D eigenvalue weighted by atomic mass is 10.2. The monoisotopic (exact) mass is 208 g/mol. The number of rotatable bonds is 3. The third-order valence-corrected chi connectivity index (χ3v) is 1.47. The lowest BCUT2D eigenvalue weighted by molar-refractivity contribution is 0.962. The van der Waals surface area contributed by atoms with Crippen molar-refractivity contribution in [3.8, 4) is 0 Å². The molecule has 1 aromatic carbocycles. The van der Waals surface area contributed by atoms with E-state index >= 15 is 0 Å². The fourth-order valence-corrected chi connectivity index (χ4v) is 0.899. The molecule has 0 heterocycles. The maximum atomic E-state index is 7.74. The van der Waals surface area contributed by atoms with Gasteiger partial charge in [0.05, 0.1) is 11.3 Å². The van der Waals surface area contributed by atoms with Crippen molar-refractivity contribution in [2.24, 2.45) is 21.5 Å². The molecule has 0 aromatic heterocycles. The lowest BCUT2D eigenvalue weighted by Crippen LogP contribution is -2.16. The number of hydrogen-bond donors (Lipinski definition) is 2. The van der Waals surface area contributed by atoms with Crippen molar-refractivity contribution in [2.45, 2.75) is 13.3 Å². The average molecular weight is 208 g/mol. The Morgan fingerprint density at radius 2 is 2.13 bits per heavy atom. The van der Waals surface area contributed by atoms with Gasteiger partial charge in [-0.25, -0.2) is 4.99 Å². The van der Waals surface area contributed by atoms with Crippen LogP contribution in [-0.2, 0) is 6.42 Å². The second-order valence-corrected chi connectivity index (χ2v) is 2.85. The number of nitrogens with zero attached hydrogens (tertiary/aromatic N) is 2. The summed E-state index contributed by atoms with van der Waals surface area (Å²) < 4.78 is 30.5. The lowest BCUT2D eigenvalue weighted by Gasteiger charge is -1.97. The molecular weight excluding hydrogens is 188 g/mol. The Morgan fingerprint density at radius 1 is 1.47 bits per heavy atom. The van der Waals surface area contributed by atoms with Crippen LogP contribution < -0.4 is 11.5 Å². The van der Waals surface area contributed by atoms with E-state index in [2.05, 4.69) is 9.98 Å². The fourth-order valence-electron chi connectivity index (χ4n) is 0.899. The molecule has 0 spiro atoms. The average Bonchev–Trinajstić information content (AvgIpc) is 2.21. The van der Waals surface area contributed by atoms with E-state index in [1.54, 1.807) is 6.92 Å². The molecule has 0 aliphatic heterocycles. The summed E-state index contributed by atoms with van der Waals surface area (Å²) in [4.78, 5) is 7.49. The van der Waals surface area contributed by atoms with Crippen LogP contribution in [0.3, 0.4) is 0 Å². The maximum absolute atomic E-state index is 7.74. The van der Waals surface area contributed by atoms with Crippen LogP contribution in [-0.4, -0.2) is 18.3 Å². The molecule has 1 atom stereocenters. The molecule has 0 fully saturated rings. The van der Waals surface area contributed by atoms with Gasteiger partial charge in [0.15, 0.2) is 0 Å².